The average Bonchev–Trinajstić information content (AvgIpc) is 2.46. The average molecular weight is 281 g/mol. The van der Waals surface area contributed by atoms with Gasteiger partial charge in [0.1, 0.15) is 0 Å². The fourth-order valence-electron chi connectivity index (χ4n) is 3.95. The van der Waals surface area contributed by atoms with E-state index >= 15 is 0 Å². The van der Waals surface area contributed by atoms with Crippen molar-refractivity contribution in [2.24, 2.45) is 11.8 Å². The summed E-state index contributed by atoms with van der Waals surface area (Å²) in [5, 5.41) is 3.84. The molecule has 0 aromatic carbocycles. The van der Waals surface area contributed by atoms with E-state index < -0.39 is 0 Å². The minimum Gasteiger partial charge on any atom is -0.314 e. The van der Waals surface area contributed by atoms with Crippen LogP contribution in [0.15, 0.2) is 0 Å². The molecule has 0 amide bonds. The van der Waals surface area contributed by atoms with Crippen molar-refractivity contribution < 1.29 is 0 Å². The topological polar surface area (TPSA) is 18.5 Å². The zero-order chi connectivity index (χ0) is 14.4. The van der Waals surface area contributed by atoms with E-state index in [9.17, 15) is 0 Å². The first-order chi connectivity index (χ1) is 9.69. The minimum atomic E-state index is 0.700. The van der Waals surface area contributed by atoms with Gasteiger partial charge in [-0.1, -0.05) is 6.92 Å². The van der Waals surface area contributed by atoms with Gasteiger partial charge in [0.05, 0.1) is 0 Å². The van der Waals surface area contributed by atoms with Crippen LogP contribution in [-0.4, -0.2) is 62.2 Å². The van der Waals surface area contributed by atoms with E-state index in [0.29, 0.717) is 6.04 Å². The Labute approximate surface area is 126 Å². The second-order valence-corrected chi connectivity index (χ2v) is 7.15. The molecule has 2 atom stereocenters. The number of hydrogen-bond acceptors (Lipinski definition) is 3. The molecule has 2 rings (SSSR count). The highest BCUT2D eigenvalue weighted by Crippen LogP contribution is 2.21. The van der Waals surface area contributed by atoms with Crippen molar-refractivity contribution in [3.05, 3.63) is 0 Å². The maximum Gasteiger partial charge on any atom is 0.00680 e. The van der Waals surface area contributed by atoms with Crippen molar-refractivity contribution in [3.63, 3.8) is 0 Å². The summed E-state index contributed by atoms with van der Waals surface area (Å²) in [7, 11) is 2.26. The van der Waals surface area contributed by atoms with E-state index in [-0.39, 0.29) is 0 Å². The first-order valence-corrected chi connectivity index (χ1v) is 8.83. The standard InChI is InChI=1S/C17H35N3/c1-4-9-20-11-7-17(8-12-20)15(2)18-13-16-6-5-10-19(3)14-16/h15-18H,4-14H2,1-3H3. The molecule has 2 aliphatic rings. The van der Waals surface area contributed by atoms with E-state index in [2.05, 4.69) is 36.0 Å². The van der Waals surface area contributed by atoms with Gasteiger partial charge in [-0.15, -0.1) is 0 Å². The lowest BCUT2D eigenvalue weighted by atomic mass is 9.89. The van der Waals surface area contributed by atoms with Crippen molar-refractivity contribution >= 4 is 0 Å². The molecule has 0 radical (unpaired) electrons. The van der Waals surface area contributed by atoms with Gasteiger partial charge >= 0.3 is 0 Å². The summed E-state index contributed by atoms with van der Waals surface area (Å²) < 4.78 is 0. The van der Waals surface area contributed by atoms with Crippen LogP contribution in [0, 0.1) is 11.8 Å². The molecule has 3 nitrogen and oxygen atoms in total. The molecule has 3 heteroatoms. The van der Waals surface area contributed by atoms with Crippen LogP contribution >= 0.6 is 0 Å². The van der Waals surface area contributed by atoms with Gasteiger partial charge < -0.3 is 15.1 Å². The Bertz CT molecular complexity index is 261. The molecule has 20 heavy (non-hydrogen) atoms. The number of piperidine rings is 2. The van der Waals surface area contributed by atoms with Crippen LogP contribution in [0.1, 0.15) is 46.0 Å². The highest BCUT2D eigenvalue weighted by Gasteiger charge is 2.24. The second-order valence-electron chi connectivity index (χ2n) is 7.15. The molecule has 2 unspecified atom stereocenters. The maximum atomic E-state index is 3.84. The summed E-state index contributed by atoms with van der Waals surface area (Å²) in [4.78, 5) is 5.13. The summed E-state index contributed by atoms with van der Waals surface area (Å²) >= 11 is 0. The lowest BCUT2D eigenvalue weighted by molar-refractivity contribution is 0.154. The monoisotopic (exact) mass is 281 g/mol. The van der Waals surface area contributed by atoms with Crippen LogP contribution in [-0.2, 0) is 0 Å². The lowest BCUT2D eigenvalue weighted by Gasteiger charge is -2.36. The van der Waals surface area contributed by atoms with Gasteiger partial charge in [0.15, 0.2) is 0 Å². The van der Waals surface area contributed by atoms with Gasteiger partial charge in [0, 0.05) is 12.6 Å². The van der Waals surface area contributed by atoms with Crippen molar-refractivity contribution in [1.29, 1.82) is 0 Å². The molecule has 0 bridgehead atoms. The Morgan fingerprint density at radius 3 is 2.55 bits per heavy atom. The van der Waals surface area contributed by atoms with Crippen LogP contribution in [0.5, 0.6) is 0 Å². The fraction of sp³-hybridized carbons (Fsp3) is 1.00. The zero-order valence-corrected chi connectivity index (χ0v) is 13.9. The van der Waals surface area contributed by atoms with Crippen LogP contribution in [0.4, 0.5) is 0 Å². The molecule has 2 fully saturated rings. The molecule has 0 saturated carbocycles. The van der Waals surface area contributed by atoms with E-state index in [1.165, 1.54) is 71.4 Å². The molecule has 1 N–H and O–H groups in total. The maximum absolute atomic E-state index is 3.84. The number of likely N-dealkylation sites (tertiary alicyclic amines) is 2. The lowest BCUT2D eigenvalue weighted by Crippen LogP contribution is -2.45. The highest BCUT2D eigenvalue weighted by atomic mass is 15.1. The van der Waals surface area contributed by atoms with Crippen molar-refractivity contribution in [3.8, 4) is 0 Å². The Kier molecular flexibility index (Phi) is 6.79. The fourth-order valence-corrected chi connectivity index (χ4v) is 3.95. The van der Waals surface area contributed by atoms with Gasteiger partial charge in [-0.2, -0.15) is 0 Å². The van der Waals surface area contributed by atoms with E-state index in [1.807, 2.05) is 0 Å². The molecule has 118 valence electrons. The number of hydrogen-bond donors (Lipinski definition) is 1. The zero-order valence-electron chi connectivity index (χ0n) is 13.9. The van der Waals surface area contributed by atoms with Gasteiger partial charge in [0.25, 0.3) is 0 Å². The summed E-state index contributed by atoms with van der Waals surface area (Å²) in [5.74, 6) is 1.76. The molecular weight excluding hydrogens is 246 g/mol. The Morgan fingerprint density at radius 2 is 1.90 bits per heavy atom. The van der Waals surface area contributed by atoms with Gasteiger partial charge in [-0.05, 0) is 90.6 Å². The van der Waals surface area contributed by atoms with E-state index in [0.717, 1.165) is 11.8 Å². The highest BCUT2D eigenvalue weighted by molar-refractivity contribution is 4.81. The molecule has 2 aliphatic heterocycles. The molecule has 0 aromatic rings. The van der Waals surface area contributed by atoms with Crippen molar-refractivity contribution in [1.82, 2.24) is 15.1 Å². The van der Waals surface area contributed by atoms with Crippen molar-refractivity contribution in [2.75, 3.05) is 46.3 Å². The minimum absolute atomic E-state index is 0.700. The number of nitrogens with one attached hydrogen (secondary N) is 1. The van der Waals surface area contributed by atoms with Crippen LogP contribution in [0.2, 0.25) is 0 Å². The first kappa shape index (κ1) is 16.3. The Morgan fingerprint density at radius 1 is 1.15 bits per heavy atom. The predicted octanol–water partition coefficient (Wildman–Crippen LogP) is 2.43. The van der Waals surface area contributed by atoms with Gasteiger partial charge in [0.2, 0.25) is 0 Å². The summed E-state index contributed by atoms with van der Waals surface area (Å²) in [6, 6.07) is 0.700. The Hall–Kier alpha value is -0.120. The summed E-state index contributed by atoms with van der Waals surface area (Å²) in [6.07, 6.45) is 6.87. The quantitative estimate of drug-likeness (QED) is 0.807. The third-order valence-electron chi connectivity index (χ3n) is 5.33. The van der Waals surface area contributed by atoms with Gasteiger partial charge in [-0.25, -0.2) is 0 Å². The number of rotatable bonds is 6. The molecule has 2 heterocycles. The predicted molar refractivity (Wildman–Crippen MR) is 87.1 cm³/mol. The summed E-state index contributed by atoms with van der Waals surface area (Å²) in [6.45, 7) is 12.4. The third-order valence-corrected chi connectivity index (χ3v) is 5.33. The molecule has 0 aromatic heterocycles. The number of nitrogens with zero attached hydrogens (tertiary/aromatic N) is 2. The third kappa shape index (κ3) is 5.01. The van der Waals surface area contributed by atoms with E-state index in [1.54, 1.807) is 0 Å². The van der Waals surface area contributed by atoms with Gasteiger partial charge in [-0.3, -0.25) is 0 Å². The Balaban J connectivity index is 1.63. The largest absolute Gasteiger partial charge is 0.314 e. The smallest absolute Gasteiger partial charge is 0.00680 e. The van der Waals surface area contributed by atoms with E-state index in [4.69, 9.17) is 0 Å². The molecule has 0 spiro atoms. The van der Waals surface area contributed by atoms with Crippen LogP contribution < -0.4 is 5.32 Å². The van der Waals surface area contributed by atoms with Crippen LogP contribution in [0.3, 0.4) is 0 Å². The summed E-state index contributed by atoms with van der Waals surface area (Å²) in [5.41, 5.74) is 0. The normalized spacial score (nSPS) is 28.6. The first-order valence-electron chi connectivity index (χ1n) is 8.83. The molecule has 0 aliphatic carbocycles. The molecule has 2 saturated heterocycles. The SMILES string of the molecule is CCCN1CCC(C(C)NCC2CCCN(C)C2)CC1. The van der Waals surface area contributed by atoms with Crippen molar-refractivity contribution in [2.45, 2.75) is 52.0 Å². The van der Waals surface area contributed by atoms with Crippen LogP contribution in [0.25, 0.3) is 0 Å². The second kappa shape index (κ2) is 8.35. The molecular formula is C17H35N3.